The Morgan fingerprint density at radius 3 is 2.10 bits per heavy atom. The highest BCUT2D eigenvalue weighted by atomic mass is 31.2. The second kappa shape index (κ2) is 14.7. The molecule has 1 unspecified atom stereocenters. The van der Waals surface area contributed by atoms with E-state index in [1.165, 1.54) is 11.2 Å². The molecule has 2 saturated carbocycles. The van der Waals surface area contributed by atoms with Crippen molar-refractivity contribution < 1.29 is 46.7 Å². The highest BCUT2D eigenvalue weighted by Crippen LogP contribution is 2.49. The summed E-state index contributed by atoms with van der Waals surface area (Å²) >= 11 is 0. The molecule has 1 atom stereocenters. The Kier molecular flexibility index (Phi) is 11.1. The quantitative estimate of drug-likeness (QED) is 0.0962. The molecule has 1 amide bonds. The fraction of sp³-hybridized carbons (Fsp3) is 0.750. The predicted octanol–water partition coefficient (Wildman–Crippen LogP) is 0.903. The first-order valence-corrected chi connectivity index (χ1v) is 15.1. The zero-order chi connectivity index (χ0) is 28.4. The summed E-state index contributed by atoms with van der Waals surface area (Å²) in [5.41, 5.74) is 5.60. The lowest BCUT2D eigenvalue weighted by molar-refractivity contribution is -0.160. The van der Waals surface area contributed by atoms with E-state index < -0.39 is 45.3 Å². The summed E-state index contributed by atoms with van der Waals surface area (Å²) in [6.45, 7) is -1.62. The molecule has 4 aliphatic rings. The van der Waals surface area contributed by atoms with Crippen LogP contribution < -0.4 is 15.7 Å². The van der Waals surface area contributed by atoms with E-state index in [1.807, 2.05) is 0 Å². The predicted molar refractivity (Wildman–Crippen MR) is 140 cm³/mol. The van der Waals surface area contributed by atoms with Crippen LogP contribution in [-0.2, 0) is 46.7 Å². The van der Waals surface area contributed by atoms with Gasteiger partial charge in [-0.25, -0.2) is 33.5 Å². The van der Waals surface area contributed by atoms with Crippen molar-refractivity contribution in [2.45, 2.75) is 70.3 Å². The molecule has 2 fully saturated rings. The molecule has 0 aromatic heterocycles. The largest absolute Gasteiger partial charge is 0.480 e. The number of hydrogen-bond acceptors (Lipinski definition) is 13. The minimum absolute atomic E-state index is 0.0349. The van der Waals surface area contributed by atoms with Gasteiger partial charge >= 0.3 is 37.5 Å². The third kappa shape index (κ3) is 8.60. The number of guanidine groups is 1. The molecule has 222 valence electrons. The zero-order valence-electron chi connectivity index (χ0n) is 22.4. The molecular weight excluding hydrogens is 549 g/mol. The van der Waals surface area contributed by atoms with E-state index in [0.29, 0.717) is 5.84 Å². The Balaban J connectivity index is 1.23. The minimum Gasteiger partial charge on any atom is -0.438 e. The minimum atomic E-state index is -4.29. The summed E-state index contributed by atoms with van der Waals surface area (Å²) in [6.07, 6.45) is 10.3. The van der Waals surface area contributed by atoms with Gasteiger partial charge in [-0.3, -0.25) is 24.6 Å². The van der Waals surface area contributed by atoms with Gasteiger partial charge in [0.25, 0.3) is 0 Å². The van der Waals surface area contributed by atoms with Crippen molar-refractivity contribution in [1.29, 1.82) is 0 Å². The molecule has 2 heterocycles. The van der Waals surface area contributed by atoms with Gasteiger partial charge in [0.2, 0.25) is 19.6 Å². The van der Waals surface area contributed by atoms with Gasteiger partial charge in [-0.15, -0.1) is 0 Å². The number of carbonyl (C=O) groups excluding carboxylic acids is 3. The Morgan fingerprint density at radius 1 is 0.950 bits per heavy atom. The third-order valence-electron chi connectivity index (χ3n) is 7.04. The molecule has 0 bridgehead atoms. The first-order valence-electron chi connectivity index (χ1n) is 13.6. The van der Waals surface area contributed by atoms with Gasteiger partial charge in [0.15, 0.2) is 6.73 Å². The van der Waals surface area contributed by atoms with Gasteiger partial charge < -0.3 is 14.2 Å². The molecule has 16 heteroatoms. The Bertz CT molecular complexity index is 1030. The molecule has 2 aliphatic carbocycles. The average Bonchev–Trinajstić information content (AvgIpc) is 3.36. The van der Waals surface area contributed by atoms with Crippen LogP contribution in [0.25, 0.3) is 0 Å². The van der Waals surface area contributed by atoms with Crippen molar-refractivity contribution >= 4 is 43.8 Å². The summed E-state index contributed by atoms with van der Waals surface area (Å²) in [7, 11) is -4.29. The number of fused-ring (bicyclic) bond motifs is 1. The SMILES string of the molecule is NC1=[N+]=C2C(N=CN2COCCOP(=O)(OCOC(=O)C2CCCCC2)OCOC(=O)C2CCCCC2)C(=O)N1. The number of phosphoric ester groups is 1. The van der Waals surface area contributed by atoms with Gasteiger partial charge in [-0.05, 0) is 25.7 Å². The number of amides is 1. The molecule has 0 radical (unpaired) electrons. The number of nitrogens with zero attached hydrogens (tertiary/aromatic N) is 3. The van der Waals surface area contributed by atoms with Gasteiger partial charge in [-0.1, -0.05) is 38.5 Å². The van der Waals surface area contributed by atoms with E-state index in [1.54, 1.807) is 0 Å². The van der Waals surface area contributed by atoms with Gasteiger partial charge in [0, 0.05) is 0 Å². The smallest absolute Gasteiger partial charge is 0.438 e. The molecule has 0 saturated heterocycles. The van der Waals surface area contributed by atoms with E-state index in [9.17, 15) is 18.9 Å². The van der Waals surface area contributed by atoms with Crippen LogP contribution in [0.1, 0.15) is 64.2 Å². The fourth-order valence-electron chi connectivity index (χ4n) is 4.88. The van der Waals surface area contributed by atoms with Crippen molar-refractivity contribution in [3.05, 3.63) is 0 Å². The highest BCUT2D eigenvalue weighted by molar-refractivity contribution is 7.48. The van der Waals surface area contributed by atoms with Crippen molar-refractivity contribution in [2.75, 3.05) is 33.5 Å². The number of aliphatic imine (C=N–C) groups is 1. The standard InChI is InChI=1S/C24H36N5O10P/c25-24-27-20-19(21(30)28-24)26-13-29(20)14-34-11-12-37-40(33,38-15-35-22(31)17-7-3-1-4-8-17)39-16-36-23(32)18-9-5-2-6-10-18/h13,17-19H,1-12,14-16H2,(H2,25,28,30)/p+1. The van der Waals surface area contributed by atoms with Crippen LogP contribution in [0.5, 0.6) is 0 Å². The van der Waals surface area contributed by atoms with E-state index in [2.05, 4.69) is 15.0 Å². The number of carbonyl (C=O) groups is 3. The van der Waals surface area contributed by atoms with Crippen molar-refractivity contribution in [3.63, 3.8) is 0 Å². The number of ether oxygens (including phenoxy) is 3. The van der Waals surface area contributed by atoms with Crippen molar-refractivity contribution in [1.82, 2.24) is 14.9 Å². The third-order valence-corrected chi connectivity index (χ3v) is 8.38. The zero-order valence-corrected chi connectivity index (χ0v) is 23.3. The Morgan fingerprint density at radius 2 is 1.52 bits per heavy atom. The maximum absolute atomic E-state index is 13.2. The van der Waals surface area contributed by atoms with E-state index in [4.69, 9.17) is 33.5 Å². The van der Waals surface area contributed by atoms with Crippen LogP contribution in [0, 0.1) is 11.8 Å². The Hall–Kier alpha value is -2.80. The van der Waals surface area contributed by atoms with Crippen molar-refractivity contribution in [3.8, 4) is 0 Å². The summed E-state index contributed by atoms with van der Waals surface area (Å²) in [4.78, 5) is 42.1. The molecule has 3 N–H and O–H groups in total. The number of hydrogen-bond donors (Lipinski definition) is 2. The molecule has 4 rings (SSSR count). The maximum atomic E-state index is 13.2. The number of nitrogens with two attached hydrogens (primary N) is 1. The normalized spacial score (nSPS) is 21.9. The molecule has 0 aromatic rings. The van der Waals surface area contributed by atoms with Crippen LogP contribution >= 0.6 is 7.82 Å². The summed E-state index contributed by atoms with van der Waals surface area (Å²) < 4.78 is 48.8. The summed E-state index contributed by atoms with van der Waals surface area (Å²) in [5.74, 6) is -1.41. The summed E-state index contributed by atoms with van der Waals surface area (Å²) in [5, 5.41) is 2.39. The topological polar surface area (TPSA) is 191 Å². The molecular formula is C24H37N5O10P+. The second-order valence-electron chi connectivity index (χ2n) is 9.89. The van der Waals surface area contributed by atoms with Gasteiger partial charge in [-0.2, -0.15) is 0 Å². The van der Waals surface area contributed by atoms with Crippen LogP contribution in [0.3, 0.4) is 0 Å². The van der Waals surface area contributed by atoms with Crippen LogP contribution in [0.15, 0.2) is 4.99 Å². The lowest BCUT2D eigenvalue weighted by Gasteiger charge is -2.22. The van der Waals surface area contributed by atoms with E-state index in [-0.39, 0.29) is 37.7 Å². The molecule has 0 spiro atoms. The number of amidine groups is 1. The lowest BCUT2D eigenvalue weighted by Crippen LogP contribution is -2.53. The number of nitrogens with one attached hydrogen (secondary N) is 1. The van der Waals surface area contributed by atoms with E-state index in [0.717, 1.165) is 64.2 Å². The fourth-order valence-corrected chi connectivity index (χ4v) is 5.76. The average molecular weight is 587 g/mol. The van der Waals surface area contributed by atoms with E-state index >= 15 is 0 Å². The van der Waals surface area contributed by atoms with Crippen LogP contribution in [0.2, 0.25) is 0 Å². The number of phosphoric acid groups is 1. The van der Waals surface area contributed by atoms with Gasteiger partial charge in [0.05, 0.1) is 25.0 Å². The summed E-state index contributed by atoms with van der Waals surface area (Å²) in [6, 6.07) is -0.804. The molecule has 40 heavy (non-hydrogen) atoms. The van der Waals surface area contributed by atoms with Crippen molar-refractivity contribution in [2.24, 2.45) is 22.6 Å². The molecule has 15 nitrogen and oxygen atoms in total. The van der Waals surface area contributed by atoms with Crippen LogP contribution in [0.4, 0.5) is 0 Å². The number of esters is 2. The van der Waals surface area contributed by atoms with Crippen LogP contribution in [-0.4, -0.2) is 80.5 Å². The maximum Gasteiger partial charge on any atom is 0.480 e. The first-order chi connectivity index (χ1) is 19.3. The number of rotatable bonds is 14. The molecule has 0 aromatic carbocycles. The molecule has 2 aliphatic heterocycles. The lowest BCUT2D eigenvalue weighted by atomic mass is 9.89. The monoisotopic (exact) mass is 586 g/mol. The Labute approximate surface area is 232 Å². The first kappa shape index (κ1) is 30.2. The highest BCUT2D eigenvalue weighted by Gasteiger charge is 2.41. The second-order valence-corrected chi connectivity index (χ2v) is 11.6. The van der Waals surface area contributed by atoms with Gasteiger partial charge in [0.1, 0.15) is 6.34 Å².